The van der Waals surface area contributed by atoms with Crippen LogP contribution in [0.2, 0.25) is 5.02 Å². The molecule has 4 aromatic rings. The van der Waals surface area contributed by atoms with Gasteiger partial charge in [-0.3, -0.25) is 9.78 Å². The summed E-state index contributed by atoms with van der Waals surface area (Å²) in [6.07, 6.45) is 1.61. The Kier molecular flexibility index (Phi) is 3.68. The quantitative estimate of drug-likeness (QED) is 0.562. The van der Waals surface area contributed by atoms with Crippen molar-refractivity contribution >= 4 is 39.3 Å². The number of hydrogen-bond donors (Lipinski definition) is 1. The number of nitrogens with zero attached hydrogens (tertiary/aromatic N) is 3. The molecule has 6 heteroatoms. The van der Waals surface area contributed by atoms with Crippen LogP contribution in [0, 0.1) is 11.3 Å². The Morgan fingerprint density at radius 1 is 1.16 bits per heavy atom. The molecule has 0 bridgehead atoms. The first-order valence-corrected chi connectivity index (χ1v) is 7.98. The van der Waals surface area contributed by atoms with Crippen LogP contribution < -0.4 is 0 Å². The molecule has 5 nitrogen and oxygen atoms in total. The minimum absolute atomic E-state index is 0.334. The van der Waals surface area contributed by atoms with Crippen LogP contribution in [-0.2, 0) is 0 Å². The Balaban J connectivity index is 1.84. The number of aromatic amines is 1. The number of H-pyrrole nitrogens is 1. The van der Waals surface area contributed by atoms with Gasteiger partial charge in [0.1, 0.15) is 5.82 Å². The predicted octanol–water partition coefficient (Wildman–Crippen LogP) is 4.25. The molecule has 1 atom stereocenters. The van der Waals surface area contributed by atoms with E-state index in [-0.39, 0.29) is 5.78 Å². The van der Waals surface area contributed by atoms with Crippen LogP contribution in [0.15, 0.2) is 54.7 Å². The summed E-state index contributed by atoms with van der Waals surface area (Å²) in [6, 6.07) is 16.2. The van der Waals surface area contributed by atoms with Crippen molar-refractivity contribution in [3.05, 3.63) is 71.1 Å². The molecule has 120 valence electrons. The lowest BCUT2D eigenvalue weighted by Gasteiger charge is -2.09. The molecule has 0 saturated heterocycles. The second-order valence-electron chi connectivity index (χ2n) is 5.56. The number of rotatable bonds is 3. The van der Waals surface area contributed by atoms with Gasteiger partial charge in [0.25, 0.3) is 0 Å². The number of pyridine rings is 1. The van der Waals surface area contributed by atoms with Crippen molar-refractivity contribution in [3.8, 4) is 6.07 Å². The lowest BCUT2D eigenvalue weighted by atomic mass is 9.95. The summed E-state index contributed by atoms with van der Waals surface area (Å²) >= 11 is 6.16. The van der Waals surface area contributed by atoms with Gasteiger partial charge in [0.2, 0.25) is 0 Å². The minimum atomic E-state index is -1.03. The smallest absolute Gasteiger partial charge is 0.188 e. The number of para-hydroxylation sites is 2. The third-order valence-electron chi connectivity index (χ3n) is 4.06. The number of aromatic nitrogens is 3. The average Bonchev–Trinajstić information content (AvgIpc) is 3.06. The first-order chi connectivity index (χ1) is 12.2. The molecular weight excluding hydrogens is 336 g/mol. The molecule has 0 amide bonds. The van der Waals surface area contributed by atoms with Crippen LogP contribution in [0.3, 0.4) is 0 Å². The Morgan fingerprint density at radius 3 is 2.80 bits per heavy atom. The number of halogens is 1. The SMILES string of the molecule is N#C[C@@H](C(=O)c1ccc(Cl)c2ncccc12)c1nc2ccccc2[nH]1. The van der Waals surface area contributed by atoms with E-state index in [4.69, 9.17) is 11.6 Å². The van der Waals surface area contributed by atoms with Gasteiger partial charge in [0, 0.05) is 17.1 Å². The third kappa shape index (κ3) is 2.53. The lowest BCUT2D eigenvalue weighted by molar-refractivity contribution is 0.0978. The maximum Gasteiger partial charge on any atom is 0.188 e. The zero-order valence-corrected chi connectivity index (χ0v) is 13.7. The van der Waals surface area contributed by atoms with E-state index in [0.29, 0.717) is 32.8 Å². The third-order valence-corrected chi connectivity index (χ3v) is 4.36. The standard InChI is InChI=1S/C19H11ClN4O/c20-14-8-7-12(11-4-3-9-22-17(11)14)18(25)13(10-21)19-23-15-5-1-2-6-16(15)24-19/h1-9,13H,(H,23,24)/t13-/m0/s1. The molecule has 0 aliphatic rings. The molecular formula is C19H11ClN4O. The van der Waals surface area contributed by atoms with Crippen molar-refractivity contribution in [3.63, 3.8) is 0 Å². The highest BCUT2D eigenvalue weighted by atomic mass is 35.5. The Bertz CT molecular complexity index is 1130. The normalized spacial score (nSPS) is 12.2. The maximum absolute atomic E-state index is 13.0. The number of Topliss-reactive ketones (excluding diaryl/α,β-unsaturated/α-hetero) is 1. The number of nitriles is 1. The summed E-state index contributed by atoms with van der Waals surface area (Å²) in [6.45, 7) is 0. The van der Waals surface area contributed by atoms with E-state index in [9.17, 15) is 10.1 Å². The number of hydrogen-bond acceptors (Lipinski definition) is 4. The molecule has 25 heavy (non-hydrogen) atoms. The first-order valence-electron chi connectivity index (χ1n) is 7.61. The molecule has 0 spiro atoms. The molecule has 2 heterocycles. The molecule has 0 radical (unpaired) electrons. The van der Waals surface area contributed by atoms with Gasteiger partial charge >= 0.3 is 0 Å². The Morgan fingerprint density at radius 2 is 2.00 bits per heavy atom. The molecule has 4 rings (SSSR count). The van der Waals surface area contributed by atoms with Crippen molar-refractivity contribution in [2.45, 2.75) is 5.92 Å². The number of ketones is 1. The fraction of sp³-hybridized carbons (Fsp3) is 0.0526. The van der Waals surface area contributed by atoms with Gasteiger partial charge < -0.3 is 4.98 Å². The van der Waals surface area contributed by atoms with E-state index in [1.807, 2.05) is 24.3 Å². The fourth-order valence-electron chi connectivity index (χ4n) is 2.86. The monoisotopic (exact) mass is 346 g/mol. The zero-order chi connectivity index (χ0) is 17.4. The van der Waals surface area contributed by atoms with E-state index in [2.05, 4.69) is 21.0 Å². The number of fused-ring (bicyclic) bond motifs is 2. The number of carbonyl (C=O) groups excluding carboxylic acids is 1. The van der Waals surface area contributed by atoms with Crippen LogP contribution >= 0.6 is 11.6 Å². The average molecular weight is 347 g/mol. The van der Waals surface area contributed by atoms with Crippen molar-refractivity contribution in [2.24, 2.45) is 0 Å². The summed E-state index contributed by atoms with van der Waals surface area (Å²) in [5.74, 6) is -1.03. The molecule has 0 saturated carbocycles. The highest BCUT2D eigenvalue weighted by Gasteiger charge is 2.26. The van der Waals surface area contributed by atoms with Gasteiger partial charge in [-0.25, -0.2) is 4.98 Å². The number of benzene rings is 2. The maximum atomic E-state index is 13.0. The van der Waals surface area contributed by atoms with Gasteiger partial charge in [-0.15, -0.1) is 0 Å². The summed E-state index contributed by atoms with van der Waals surface area (Å²) in [4.78, 5) is 24.7. The number of imidazole rings is 1. The van der Waals surface area contributed by atoms with Crippen molar-refractivity contribution in [1.29, 1.82) is 5.26 Å². The number of carbonyl (C=O) groups is 1. The predicted molar refractivity (Wildman–Crippen MR) is 95.5 cm³/mol. The van der Waals surface area contributed by atoms with Crippen LogP contribution in [0.4, 0.5) is 0 Å². The van der Waals surface area contributed by atoms with Crippen LogP contribution in [0.1, 0.15) is 22.1 Å². The first kappa shape index (κ1) is 15.3. The molecule has 1 N–H and O–H groups in total. The fourth-order valence-corrected chi connectivity index (χ4v) is 3.08. The molecule has 0 fully saturated rings. The molecule has 2 aromatic carbocycles. The van der Waals surface area contributed by atoms with Gasteiger partial charge in [0.15, 0.2) is 11.7 Å². The van der Waals surface area contributed by atoms with Crippen molar-refractivity contribution in [2.75, 3.05) is 0 Å². The second kappa shape index (κ2) is 6.00. The van der Waals surface area contributed by atoms with E-state index in [0.717, 1.165) is 5.52 Å². The topological polar surface area (TPSA) is 82.4 Å². The van der Waals surface area contributed by atoms with E-state index in [1.165, 1.54) is 0 Å². The van der Waals surface area contributed by atoms with Gasteiger partial charge in [0.05, 0.1) is 27.6 Å². The van der Waals surface area contributed by atoms with Crippen LogP contribution in [0.25, 0.3) is 21.9 Å². The van der Waals surface area contributed by atoms with Gasteiger partial charge in [-0.2, -0.15) is 5.26 Å². The lowest BCUT2D eigenvalue weighted by Crippen LogP contribution is -2.13. The second-order valence-corrected chi connectivity index (χ2v) is 5.97. The Labute approximate surface area is 147 Å². The van der Waals surface area contributed by atoms with Gasteiger partial charge in [-0.05, 0) is 30.3 Å². The summed E-state index contributed by atoms with van der Waals surface area (Å²) < 4.78 is 0. The van der Waals surface area contributed by atoms with E-state index in [1.54, 1.807) is 30.5 Å². The molecule has 0 aliphatic carbocycles. The summed E-state index contributed by atoms with van der Waals surface area (Å²) in [5.41, 5.74) is 2.44. The van der Waals surface area contributed by atoms with Crippen molar-refractivity contribution in [1.82, 2.24) is 15.0 Å². The largest absolute Gasteiger partial charge is 0.340 e. The molecule has 2 aromatic heterocycles. The molecule has 0 aliphatic heterocycles. The zero-order valence-electron chi connectivity index (χ0n) is 12.9. The number of nitrogens with one attached hydrogen (secondary N) is 1. The van der Waals surface area contributed by atoms with Gasteiger partial charge in [-0.1, -0.05) is 29.8 Å². The summed E-state index contributed by atoms with van der Waals surface area (Å²) in [7, 11) is 0. The van der Waals surface area contributed by atoms with Crippen molar-refractivity contribution < 1.29 is 4.79 Å². The van der Waals surface area contributed by atoms with E-state index < -0.39 is 5.92 Å². The Hall–Kier alpha value is -3.23. The highest BCUT2D eigenvalue weighted by molar-refractivity contribution is 6.35. The van der Waals surface area contributed by atoms with Crippen LogP contribution in [-0.4, -0.2) is 20.7 Å². The minimum Gasteiger partial charge on any atom is -0.340 e. The van der Waals surface area contributed by atoms with E-state index >= 15 is 0 Å². The van der Waals surface area contributed by atoms with Crippen LogP contribution in [0.5, 0.6) is 0 Å². The molecule has 0 unspecified atom stereocenters. The highest BCUT2D eigenvalue weighted by Crippen LogP contribution is 2.28. The summed E-state index contributed by atoms with van der Waals surface area (Å²) in [5, 5.41) is 10.7.